The molecule has 0 bridgehead atoms. The molecule has 0 atom stereocenters. The molecule has 4 nitrogen and oxygen atoms in total. The van der Waals surface area contributed by atoms with Crippen LogP contribution in [-0.4, -0.2) is 21.4 Å². The first-order valence-corrected chi connectivity index (χ1v) is 8.88. The second kappa shape index (κ2) is 7.40. The minimum Gasteiger partial charge on any atom is -0.324 e. The molecular weight excluding hydrogens is 351 g/mol. The maximum Gasteiger partial charge on any atom is 0.227 e. The fourth-order valence-electron chi connectivity index (χ4n) is 3.13. The summed E-state index contributed by atoms with van der Waals surface area (Å²) >= 11 is 6.07. The normalized spacial score (nSPS) is 14.1. The molecule has 3 aromatic rings. The first kappa shape index (κ1) is 16.9. The van der Waals surface area contributed by atoms with Crippen LogP contribution in [0.2, 0.25) is 5.02 Å². The van der Waals surface area contributed by atoms with Crippen LogP contribution in [0, 0.1) is 5.82 Å². The van der Waals surface area contributed by atoms with Gasteiger partial charge in [-0.15, -0.1) is 0 Å². The Balaban J connectivity index is 1.44. The molecule has 1 aromatic heterocycles. The molecule has 1 aliphatic rings. The van der Waals surface area contributed by atoms with E-state index in [2.05, 4.69) is 26.3 Å². The van der Waals surface area contributed by atoms with Gasteiger partial charge in [0.05, 0.1) is 5.69 Å². The Labute approximate surface area is 156 Å². The van der Waals surface area contributed by atoms with E-state index in [-0.39, 0.29) is 5.82 Å². The van der Waals surface area contributed by atoms with Crippen molar-refractivity contribution >= 4 is 23.2 Å². The molecular formula is C20H18ClFN4. The van der Waals surface area contributed by atoms with Crippen LogP contribution in [0.4, 0.5) is 16.0 Å². The van der Waals surface area contributed by atoms with Crippen LogP contribution < -0.4 is 5.32 Å². The molecule has 0 saturated carbocycles. The first-order valence-electron chi connectivity index (χ1n) is 8.50. The summed E-state index contributed by atoms with van der Waals surface area (Å²) < 4.78 is 13.0. The number of hydrogen-bond acceptors (Lipinski definition) is 4. The number of aromatic nitrogens is 2. The van der Waals surface area contributed by atoms with E-state index < -0.39 is 0 Å². The van der Waals surface area contributed by atoms with Crippen LogP contribution in [0.1, 0.15) is 16.8 Å². The van der Waals surface area contributed by atoms with Gasteiger partial charge in [0.15, 0.2) is 0 Å². The molecule has 0 saturated heterocycles. The number of rotatable bonds is 4. The SMILES string of the molecule is Fc1ccc(Nc2ncc3c(n2)CCN(Cc2cccc(Cl)c2)C3)cc1. The number of benzene rings is 2. The van der Waals surface area contributed by atoms with Crippen molar-refractivity contribution in [2.75, 3.05) is 11.9 Å². The Kier molecular flexibility index (Phi) is 4.82. The van der Waals surface area contributed by atoms with Gasteiger partial charge in [-0.05, 0) is 42.0 Å². The van der Waals surface area contributed by atoms with E-state index in [0.29, 0.717) is 5.95 Å². The van der Waals surface area contributed by atoms with E-state index in [1.807, 2.05) is 24.4 Å². The lowest BCUT2D eigenvalue weighted by Crippen LogP contribution is -2.31. The number of hydrogen-bond donors (Lipinski definition) is 1. The molecule has 26 heavy (non-hydrogen) atoms. The molecule has 0 fully saturated rings. The molecule has 4 rings (SSSR count). The van der Waals surface area contributed by atoms with Crippen LogP contribution in [-0.2, 0) is 19.5 Å². The predicted molar refractivity (Wildman–Crippen MR) is 101 cm³/mol. The van der Waals surface area contributed by atoms with E-state index in [0.717, 1.165) is 48.0 Å². The van der Waals surface area contributed by atoms with Crippen molar-refractivity contribution in [1.29, 1.82) is 0 Å². The van der Waals surface area contributed by atoms with Crippen molar-refractivity contribution < 1.29 is 4.39 Å². The maximum absolute atomic E-state index is 13.0. The Morgan fingerprint density at radius 2 is 2.00 bits per heavy atom. The fourth-order valence-corrected chi connectivity index (χ4v) is 3.34. The highest BCUT2D eigenvalue weighted by molar-refractivity contribution is 6.30. The van der Waals surface area contributed by atoms with E-state index in [1.165, 1.54) is 17.7 Å². The summed E-state index contributed by atoms with van der Waals surface area (Å²) in [5, 5.41) is 3.89. The number of nitrogens with one attached hydrogen (secondary N) is 1. The van der Waals surface area contributed by atoms with Crippen molar-refractivity contribution in [1.82, 2.24) is 14.9 Å². The molecule has 132 valence electrons. The van der Waals surface area contributed by atoms with E-state index >= 15 is 0 Å². The van der Waals surface area contributed by atoms with Gasteiger partial charge in [-0.3, -0.25) is 4.90 Å². The van der Waals surface area contributed by atoms with Gasteiger partial charge in [0.1, 0.15) is 5.82 Å². The molecule has 0 radical (unpaired) electrons. The highest BCUT2D eigenvalue weighted by atomic mass is 35.5. The van der Waals surface area contributed by atoms with E-state index in [9.17, 15) is 4.39 Å². The molecule has 6 heteroatoms. The largest absolute Gasteiger partial charge is 0.324 e. The van der Waals surface area contributed by atoms with Crippen molar-refractivity contribution in [3.8, 4) is 0 Å². The summed E-state index contributed by atoms with van der Waals surface area (Å²) in [5.74, 6) is 0.278. The third kappa shape index (κ3) is 4.00. The zero-order chi connectivity index (χ0) is 17.9. The summed E-state index contributed by atoms with van der Waals surface area (Å²) in [7, 11) is 0. The average Bonchev–Trinajstić information content (AvgIpc) is 2.64. The second-order valence-corrected chi connectivity index (χ2v) is 6.82. The third-order valence-electron chi connectivity index (χ3n) is 4.41. The van der Waals surface area contributed by atoms with Gasteiger partial charge < -0.3 is 5.32 Å². The summed E-state index contributed by atoms with van der Waals surface area (Å²) in [6, 6.07) is 14.1. The van der Waals surface area contributed by atoms with Crippen molar-refractivity contribution in [2.24, 2.45) is 0 Å². The lowest BCUT2D eigenvalue weighted by atomic mass is 10.1. The highest BCUT2D eigenvalue weighted by Crippen LogP contribution is 2.22. The molecule has 0 amide bonds. The molecule has 0 aliphatic carbocycles. The Hall–Kier alpha value is -2.50. The van der Waals surface area contributed by atoms with Crippen LogP contribution in [0.25, 0.3) is 0 Å². The zero-order valence-corrected chi connectivity index (χ0v) is 14.9. The summed E-state index contributed by atoms with van der Waals surface area (Å²) in [6.45, 7) is 2.61. The van der Waals surface area contributed by atoms with E-state index in [4.69, 9.17) is 11.6 Å². The van der Waals surface area contributed by atoms with Gasteiger partial charge >= 0.3 is 0 Å². The van der Waals surface area contributed by atoms with Crippen molar-refractivity contribution in [2.45, 2.75) is 19.5 Å². The van der Waals surface area contributed by atoms with Crippen LogP contribution in [0.5, 0.6) is 0 Å². The number of nitrogens with zero attached hydrogens (tertiary/aromatic N) is 3. The van der Waals surface area contributed by atoms with Crippen molar-refractivity contribution in [3.05, 3.63) is 82.4 Å². The topological polar surface area (TPSA) is 41.1 Å². The number of halogens is 2. The Morgan fingerprint density at radius 1 is 1.15 bits per heavy atom. The molecule has 2 aromatic carbocycles. The Morgan fingerprint density at radius 3 is 2.81 bits per heavy atom. The average molecular weight is 369 g/mol. The fraction of sp³-hybridized carbons (Fsp3) is 0.200. The molecule has 1 N–H and O–H groups in total. The Bertz CT molecular complexity index is 914. The maximum atomic E-state index is 13.0. The molecule has 0 unspecified atom stereocenters. The van der Waals surface area contributed by atoms with Gasteiger partial charge in [0.25, 0.3) is 0 Å². The number of anilines is 2. The smallest absolute Gasteiger partial charge is 0.227 e. The van der Waals surface area contributed by atoms with Crippen LogP contribution in [0.3, 0.4) is 0 Å². The molecule has 2 heterocycles. The van der Waals surface area contributed by atoms with Crippen LogP contribution >= 0.6 is 11.6 Å². The van der Waals surface area contributed by atoms with Crippen molar-refractivity contribution in [3.63, 3.8) is 0 Å². The summed E-state index contributed by atoms with van der Waals surface area (Å²) in [6.07, 6.45) is 2.74. The van der Waals surface area contributed by atoms with Gasteiger partial charge in [0.2, 0.25) is 5.95 Å². The van der Waals surface area contributed by atoms with Gasteiger partial charge in [-0.25, -0.2) is 14.4 Å². The molecule has 0 spiro atoms. The standard InChI is InChI=1S/C20H18ClFN4/c21-16-3-1-2-14(10-16)12-26-9-8-19-15(13-26)11-23-20(25-19)24-18-6-4-17(22)5-7-18/h1-7,10-11H,8-9,12-13H2,(H,23,24,25). The van der Waals surface area contributed by atoms with E-state index in [1.54, 1.807) is 12.1 Å². The molecule has 1 aliphatic heterocycles. The van der Waals surface area contributed by atoms with Gasteiger partial charge in [-0.1, -0.05) is 23.7 Å². The van der Waals surface area contributed by atoms with Gasteiger partial charge in [-0.2, -0.15) is 0 Å². The highest BCUT2D eigenvalue weighted by Gasteiger charge is 2.18. The lowest BCUT2D eigenvalue weighted by Gasteiger charge is -2.28. The predicted octanol–water partition coefficient (Wildman–Crippen LogP) is 4.57. The summed E-state index contributed by atoms with van der Waals surface area (Å²) in [4.78, 5) is 11.4. The minimum absolute atomic E-state index is 0.262. The minimum atomic E-state index is -0.262. The third-order valence-corrected chi connectivity index (χ3v) is 4.64. The number of fused-ring (bicyclic) bond motifs is 1. The van der Waals surface area contributed by atoms with Crippen LogP contribution in [0.15, 0.2) is 54.7 Å². The first-order chi connectivity index (χ1) is 12.7. The quantitative estimate of drug-likeness (QED) is 0.732. The monoisotopic (exact) mass is 368 g/mol. The summed E-state index contributed by atoms with van der Waals surface area (Å²) in [5.41, 5.74) is 4.18. The second-order valence-electron chi connectivity index (χ2n) is 6.39. The van der Waals surface area contributed by atoms with Gasteiger partial charge in [0, 0.05) is 48.5 Å². The zero-order valence-electron chi connectivity index (χ0n) is 14.1. The lowest BCUT2D eigenvalue weighted by molar-refractivity contribution is 0.243.